The van der Waals surface area contributed by atoms with Crippen LogP contribution in [-0.2, 0) is 4.79 Å². The molecule has 3 nitrogen and oxygen atoms in total. The predicted octanol–water partition coefficient (Wildman–Crippen LogP) is 2.81. The number of hydrogen-bond acceptors (Lipinski definition) is 2. The quantitative estimate of drug-likeness (QED) is 0.800. The molecule has 0 aromatic heterocycles. The van der Waals surface area contributed by atoms with Gasteiger partial charge >= 0.3 is 0 Å². The second kappa shape index (κ2) is 5.89. The standard InChI is InChI=1S/C15H21NO2/c1-12(2)13-5-3-6-14(11-13)18-10-9-16-8-4-7-15(16)17/h3,5-6,11-12H,4,7-10H2,1-2H3. The predicted molar refractivity (Wildman–Crippen MR) is 71.8 cm³/mol. The third-order valence-corrected chi connectivity index (χ3v) is 3.33. The first-order chi connectivity index (χ1) is 8.66. The minimum atomic E-state index is 0.259. The van der Waals surface area contributed by atoms with Crippen LogP contribution < -0.4 is 4.74 Å². The lowest BCUT2D eigenvalue weighted by molar-refractivity contribution is -0.128. The molecule has 3 heteroatoms. The van der Waals surface area contributed by atoms with Crippen LogP contribution in [-0.4, -0.2) is 30.5 Å². The molecular formula is C15H21NO2. The molecule has 0 saturated carbocycles. The Labute approximate surface area is 109 Å². The highest BCUT2D eigenvalue weighted by Gasteiger charge is 2.19. The maximum atomic E-state index is 11.4. The average Bonchev–Trinajstić information content (AvgIpc) is 2.76. The Hall–Kier alpha value is -1.51. The van der Waals surface area contributed by atoms with Crippen molar-refractivity contribution in [1.82, 2.24) is 4.90 Å². The summed E-state index contributed by atoms with van der Waals surface area (Å²) in [5.41, 5.74) is 1.28. The van der Waals surface area contributed by atoms with Crippen LogP contribution in [0.2, 0.25) is 0 Å². The summed E-state index contributed by atoms with van der Waals surface area (Å²) in [5.74, 6) is 1.66. The van der Waals surface area contributed by atoms with Crippen molar-refractivity contribution >= 4 is 5.91 Å². The first-order valence-electron chi connectivity index (χ1n) is 6.67. The number of rotatable bonds is 5. The van der Waals surface area contributed by atoms with Crippen molar-refractivity contribution in [2.75, 3.05) is 19.7 Å². The molecule has 1 aromatic carbocycles. The zero-order chi connectivity index (χ0) is 13.0. The highest BCUT2D eigenvalue weighted by Crippen LogP contribution is 2.20. The number of hydrogen-bond donors (Lipinski definition) is 0. The first kappa shape index (κ1) is 12.9. The maximum Gasteiger partial charge on any atom is 0.222 e. The molecule has 2 rings (SSSR count). The highest BCUT2D eigenvalue weighted by atomic mass is 16.5. The lowest BCUT2D eigenvalue weighted by Gasteiger charge is -2.16. The van der Waals surface area contributed by atoms with E-state index in [0.29, 0.717) is 25.5 Å². The second-order valence-electron chi connectivity index (χ2n) is 5.06. The van der Waals surface area contributed by atoms with Crippen LogP contribution in [0, 0.1) is 0 Å². The number of carbonyl (C=O) groups is 1. The van der Waals surface area contributed by atoms with Crippen LogP contribution in [0.3, 0.4) is 0 Å². The lowest BCUT2D eigenvalue weighted by Crippen LogP contribution is -2.29. The minimum Gasteiger partial charge on any atom is -0.492 e. The van der Waals surface area contributed by atoms with Crippen LogP contribution in [0.1, 0.15) is 38.2 Å². The molecule has 18 heavy (non-hydrogen) atoms. The molecule has 0 spiro atoms. The summed E-state index contributed by atoms with van der Waals surface area (Å²) in [6, 6.07) is 8.18. The number of likely N-dealkylation sites (tertiary alicyclic amines) is 1. The monoisotopic (exact) mass is 247 g/mol. The van der Waals surface area contributed by atoms with Gasteiger partial charge in [0, 0.05) is 13.0 Å². The van der Waals surface area contributed by atoms with Crippen molar-refractivity contribution in [2.24, 2.45) is 0 Å². The van der Waals surface area contributed by atoms with E-state index in [4.69, 9.17) is 4.74 Å². The van der Waals surface area contributed by atoms with E-state index in [0.717, 1.165) is 18.7 Å². The molecule has 0 N–H and O–H groups in total. The number of amides is 1. The molecule has 0 aliphatic carbocycles. The molecular weight excluding hydrogens is 226 g/mol. The molecule has 1 aromatic rings. The van der Waals surface area contributed by atoms with Gasteiger partial charge in [0.1, 0.15) is 12.4 Å². The van der Waals surface area contributed by atoms with E-state index in [-0.39, 0.29) is 5.91 Å². The van der Waals surface area contributed by atoms with Crippen LogP contribution in [0.25, 0.3) is 0 Å². The van der Waals surface area contributed by atoms with Gasteiger partial charge < -0.3 is 9.64 Å². The molecule has 1 heterocycles. The van der Waals surface area contributed by atoms with Crippen molar-refractivity contribution in [2.45, 2.75) is 32.6 Å². The minimum absolute atomic E-state index is 0.259. The van der Waals surface area contributed by atoms with Crippen LogP contribution in [0.5, 0.6) is 5.75 Å². The zero-order valence-corrected chi connectivity index (χ0v) is 11.2. The summed E-state index contributed by atoms with van der Waals surface area (Å²) in [4.78, 5) is 13.3. The summed E-state index contributed by atoms with van der Waals surface area (Å²) in [5, 5.41) is 0. The molecule has 98 valence electrons. The molecule has 1 aliphatic heterocycles. The van der Waals surface area contributed by atoms with E-state index in [9.17, 15) is 4.79 Å². The average molecular weight is 247 g/mol. The fourth-order valence-corrected chi connectivity index (χ4v) is 2.18. The Morgan fingerprint density at radius 2 is 2.22 bits per heavy atom. The van der Waals surface area contributed by atoms with E-state index in [1.165, 1.54) is 5.56 Å². The van der Waals surface area contributed by atoms with Crippen molar-refractivity contribution in [3.63, 3.8) is 0 Å². The molecule has 1 fully saturated rings. The van der Waals surface area contributed by atoms with Gasteiger partial charge in [-0.25, -0.2) is 0 Å². The number of nitrogens with zero attached hydrogens (tertiary/aromatic N) is 1. The first-order valence-corrected chi connectivity index (χ1v) is 6.67. The van der Waals surface area contributed by atoms with Gasteiger partial charge in [-0.3, -0.25) is 4.79 Å². The summed E-state index contributed by atoms with van der Waals surface area (Å²) >= 11 is 0. The van der Waals surface area contributed by atoms with Crippen molar-refractivity contribution in [1.29, 1.82) is 0 Å². The Morgan fingerprint density at radius 3 is 2.89 bits per heavy atom. The third-order valence-electron chi connectivity index (χ3n) is 3.33. The number of benzene rings is 1. The molecule has 1 saturated heterocycles. The van der Waals surface area contributed by atoms with Gasteiger partial charge in [-0.1, -0.05) is 26.0 Å². The second-order valence-corrected chi connectivity index (χ2v) is 5.06. The normalized spacial score (nSPS) is 15.5. The smallest absolute Gasteiger partial charge is 0.222 e. The largest absolute Gasteiger partial charge is 0.492 e. The molecule has 0 bridgehead atoms. The zero-order valence-electron chi connectivity index (χ0n) is 11.2. The van der Waals surface area contributed by atoms with Crippen molar-refractivity contribution in [3.05, 3.63) is 29.8 Å². The summed E-state index contributed by atoms with van der Waals surface area (Å²) in [6.45, 7) is 6.50. The van der Waals surface area contributed by atoms with Gasteiger partial charge in [-0.05, 0) is 30.0 Å². The Bertz CT molecular complexity index is 415. The molecule has 0 atom stereocenters. The van der Waals surface area contributed by atoms with Gasteiger partial charge in [-0.15, -0.1) is 0 Å². The molecule has 0 radical (unpaired) electrons. The van der Waals surface area contributed by atoms with Crippen molar-refractivity contribution in [3.8, 4) is 5.75 Å². The van der Waals surface area contributed by atoms with E-state index in [2.05, 4.69) is 26.0 Å². The topological polar surface area (TPSA) is 29.5 Å². The summed E-state index contributed by atoms with van der Waals surface area (Å²) < 4.78 is 5.71. The fraction of sp³-hybridized carbons (Fsp3) is 0.533. The molecule has 1 aliphatic rings. The van der Waals surface area contributed by atoms with E-state index >= 15 is 0 Å². The Balaban J connectivity index is 1.82. The van der Waals surface area contributed by atoms with Gasteiger partial charge in [0.25, 0.3) is 0 Å². The highest BCUT2D eigenvalue weighted by molar-refractivity contribution is 5.78. The van der Waals surface area contributed by atoms with E-state index < -0.39 is 0 Å². The van der Waals surface area contributed by atoms with Crippen LogP contribution >= 0.6 is 0 Å². The summed E-state index contributed by atoms with van der Waals surface area (Å²) in [6.07, 6.45) is 1.69. The van der Waals surface area contributed by atoms with Crippen molar-refractivity contribution < 1.29 is 9.53 Å². The van der Waals surface area contributed by atoms with Crippen LogP contribution in [0.4, 0.5) is 0 Å². The molecule has 1 amide bonds. The number of carbonyl (C=O) groups excluding carboxylic acids is 1. The van der Waals surface area contributed by atoms with E-state index in [1.807, 2.05) is 17.0 Å². The van der Waals surface area contributed by atoms with Gasteiger partial charge in [0.2, 0.25) is 5.91 Å². The lowest BCUT2D eigenvalue weighted by atomic mass is 10.0. The fourth-order valence-electron chi connectivity index (χ4n) is 2.18. The van der Waals surface area contributed by atoms with Gasteiger partial charge in [0.05, 0.1) is 6.54 Å². The summed E-state index contributed by atoms with van der Waals surface area (Å²) in [7, 11) is 0. The van der Waals surface area contributed by atoms with Gasteiger partial charge in [0.15, 0.2) is 0 Å². The molecule has 0 unspecified atom stereocenters. The third kappa shape index (κ3) is 3.25. The Morgan fingerprint density at radius 1 is 1.39 bits per heavy atom. The van der Waals surface area contributed by atoms with E-state index in [1.54, 1.807) is 0 Å². The Kier molecular flexibility index (Phi) is 4.24. The van der Waals surface area contributed by atoms with Crippen LogP contribution in [0.15, 0.2) is 24.3 Å². The SMILES string of the molecule is CC(C)c1cccc(OCCN2CCCC2=O)c1. The maximum absolute atomic E-state index is 11.4. The number of ether oxygens (including phenoxy) is 1. The van der Waals surface area contributed by atoms with Gasteiger partial charge in [-0.2, -0.15) is 0 Å².